The third kappa shape index (κ3) is 6.59. The molecule has 0 atom stereocenters. The third-order valence-electron chi connectivity index (χ3n) is 4.14. The molecule has 0 spiro atoms. The van der Waals surface area contributed by atoms with Crippen molar-refractivity contribution in [2.45, 2.75) is 33.6 Å². The first kappa shape index (κ1) is 23.4. The number of rotatable bonds is 8. The molecule has 30 heavy (non-hydrogen) atoms. The maximum atomic E-state index is 12.2. The number of hydrogen-bond acceptors (Lipinski definition) is 6. The molecule has 160 valence electrons. The lowest BCUT2D eigenvalue weighted by molar-refractivity contribution is -0.132. The second-order valence-corrected chi connectivity index (χ2v) is 7.73. The van der Waals surface area contributed by atoms with Crippen LogP contribution in [0.2, 0.25) is 0 Å². The maximum absolute atomic E-state index is 12.2. The quantitative estimate of drug-likeness (QED) is 0.265. The van der Waals surface area contributed by atoms with Crippen molar-refractivity contribution in [2.24, 2.45) is 5.10 Å². The maximum Gasteiger partial charge on any atom is 0.308 e. The molecule has 2 aromatic rings. The lowest BCUT2D eigenvalue weighted by Gasteiger charge is -2.15. The highest BCUT2D eigenvalue weighted by atomic mass is 79.9. The molecular formula is C22H25BrN2O5. The number of nitrogens with zero attached hydrogens (tertiary/aromatic N) is 1. The van der Waals surface area contributed by atoms with Gasteiger partial charge in [0.1, 0.15) is 17.2 Å². The molecule has 0 aliphatic heterocycles. The van der Waals surface area contributed by atoms with Crippen LogP contribution >= 0.6 is 15.9 Å². The number of amides is 1. The van der Waals surface area contributed by atoms with E-state index in [-0.39, 0.29) is 12.5 Å². The summed E-state index contributed by atoms with van der Waals surface area (Å²) in [6.07, 6.45) is 1.38. The molecule has 0 bridgehead atoms. The molecule has 0 fully saturated rings. The highest BCUT2D eigenvalue weighted by Gasteiger charge is 2.12. The monoisotopic (exact) mass is 476 g/mol. The summed E-state index contributed by atoms with van der Waals surface area (Å²) in [6.45, 7) is 7.19. The fourth-order valence-electron chi connectivity index (χ4n) is 2.60. The minimum Gasteiger partial charge on any atom is -0.497 e. The lowest BCUT2D eigenvalue weighted by Crippen LogP contribution is -2.25. The van der Waals surface area contributed by atoms with E-state index in [4.69, 9.17) is 14.2 Å². The Balaban J connectivity index is 2.04. The van der Waals surface area contributed by atoms with Crippen LogP contribution in [0.1, 0.15) is 43.4 Å². The number of aryl methyl sites for hydroxylation is 1. The fourth-order valence-corrected chi connectivity index (χ4v) is 2.96. The van der Waals surface area contributed by atoms with Crippen LogP contribution in [0.4, 0.5) is 0 Å². The molecule has 1 N–H and O–H groups in total. The van der Waals surface area contributed by atoms with Crippen LogP contribution in [0, 0.1) is 6.92 Å². The Hall–Kier alpha value is -2.87. The van der Waals surface area contributed by atoms with E-state index in [1.807, 2.05) is 19.1 Å². The van der Waals surface area contributed by atoms with E-state index in [1.54, 1.807) is 18.2 Å². The van der Waals surface area contributed by atoms with Crippen molar-refractivity contribution >= 4 is 34.0 Å². The Morgan fingerprint density at radius 2 is 1.93 bits per heavy atom. The van der Waals surface area contributed by atoms with Gasteiger partial charge in [0.05, 0.1) is 13.3 Å². The zero-order valence-electron chi connectivity index (χ0n) is 17.6. The number of halogens is 1. The number of nitrogens with one attached hydrogen (secondary N) is 1. The molecule has 0 saturated heterocycles. The van der Waals surface area contributed by atoms with Gasteiger partial charge >= 0.3 is 5.97 Å². The molecule has 0 saturated carbocycles. The fraction of sp³-hybridized carbons (Fsp3) is 0.318. The smallest absolute Gasteiger partial charge is 0.308 e. The van der Waals surface area contributed by atoms with Crippen LogP contribution in [0.5, 0.6) is 17.2 Å². The molecule has 0 aliphatic rings. The SMILES string of the molecule is COc1ccc(OC(C)=O)c(C=NNC(=O)COc2cc(C)c(Br)cc2C(C)C)c1. The first-order valence-electron chi connectivity index (χ1n) is 9.32. The number of hydrazone groups is 1. The van der Waals surface area contributed by atoms with Crippen LogP contribution in [0.25, 0.3) is 0 Å². The van der Waals surface area contributed by atoms with Gasteiger partial charge in [-0.1, -0.05) is 29.8 Å². The number of benzene rings is 2. The highest BCUT2D eigenvalue weighted by molar-refractivity contribution is 9.10. The molecule has 8 heteroatoms. The first-order valence-corrected chi connectivity index (χ1v) is 10.1. The van der Waals surface area contributed by atoms with E-state index in [9.17, 15) is 9.59 Å². The Kier molecular flexibility index (Phi) is 8.41. The second kappa shape index (κ2) is 10.8. The Bertz CT molecular complexity index is 957. The average Bonchev–Trinajstić information content (AvgIpc) is 2.69. The minimum absolute atomic E-state index is 0.187. The van der Waals surface area contributed by atoms with Gasteiger partial charge in [-0.15, -0.1) is 0 Å². The third-order valence-corrected chi connectivity index (χ3v) is 4.99. The van der Waals surface area contributed by atoms with Gasteiger partial charge in [0.15, 0.2) is 6.61 Å². The minimum atomic E-state index is -0.460. The van der Waals surface area contributed by atoms with Crippen molar-refractivity contribution in [3.8, 4) is 17.2 Å². The molecule has 0 unspecified atom stereocenters. The summed E-state index contributed by atoms with van der Waals surface area (Å²) >= 11 is 3.52. The zero-order chi connectivity index (χ0) is 22.3. The molecular weight excluding hydrogens is 452 g/mol. The zero-order valence-corrected chi connectivity index (χ0v) is 19.2. The molecule has 1 amide bonds. The summed E-state index contributed by atoms with van der Waals surface area (Å²) in [4.78, 5) is 23.4. The number of methoxy groups -OCH3 is 1. The van der Waals surface area contributed by atoms with Crippen molar-refractivity contribution in [3.05, 3.63) is 51.5 Å². The largest absolute Gasteiger partial charge is 0.497 e. The van der Waals surface area contributed by atoms with Crippen molar-refractivity contribution < 1.29 is 23.8 Å². The van der Waals surface area contributed by atoms with Crippen molar-refractivity contribution in [1.82, 2.24) is 5.43 Å². The summed E-state index contributed by atoms with van der Waals surface area (Å²) < 4.78 is 17.0. The van der Waals surface area contributed by atoms with Gasteiger partial charge in [0.25, 0.3) is 5.91 Å². The van der Waals surface area contributed by atoms with Gasteiger partial charge in [0, 0.05) is 17.0 Å². The Labute approximate surface area is 184 Å². The number of esters is 1. The van der Waals surface area contributed by atoms with E-state index >= 15 is 0 Å². The van der Waals surface area contributed by atoms with E-state index in [0.717, 1.165) is 15.6 Å². The van der Waals surface area contributed by atoms with Gasteiger partial charge in [0.2, 0.25) is 0 Å². The van der Waals surface area contributed by atoms with Gasteiger partial charge in [-0.05, 0) is 54.3 Å². The predicted octanol–water partition coefficient (Wildman–Crippen LogP) is 4.34. The standard InChI is InChI=1S/C22H25BrN2O5/c1-13(2)18-10-19(23)14(3)8-21(18)29-12-22(27)25-24-11-16-9-17(28-5)6-7-20(16)30-15(4)26/h6-11,13H,12H2,1-5H3,(H,25,27). The van der Waals surface area contributed by atoms with Crippen molar-refractivity contribution in [2.75, 3.05) is 13.7 Å². The molecule has 2 rings (SSSR count). The molecule has 0 heterocycles. The van der Waals surface area contributed by atoms with Crippen molar-refractivity contribution in [1.29, 1.82) is 0 Å². The number of carbonyl (C=O) groups excluding carboxylic acids is 2. The summed E-state index contributed by atoms with van der Waals surface area (Å²) in [5.74, 6) is 0.898. The van der Waals surface area contributed by atoms with E-state index in [1.165, 1.54) is 20.2 Å². The molecule has 2 aromatic carbocycles. The van der Waals surface area contributed by atoms with E-state index in [0.29, 0.717) is 22.8 Å². The first-order chi connectivity index (χ1) is 14.2. The van der Waals surface area contributed by atoms with Crippen LogP contribution in [0.15, 0.2) is 39.9 Å². The summed E-state index contributed by atoms with van der Waals surface area (Å²) in [6, 6.07) is 8.80. The number of carbonyl (C=O) groups is 2. The van der Waals surface area contributed by atoms with Gasteiger partial charge in [-0.3, -0.25) is 9.59 Å². The van der Waals surface area contributed by atoms with Gasteiger partial charge in [-0.25, -0.2) is 5.43 Å². The molecule has 0 radical (unpaired) electrons. The average molecular weight is 477 g/mol. The summed E-state index contributed by atoms with van der Waals surface area (Å²) in [5, 5.41) is 3.93. The Morgan fingerprint density at radius 3 is 2.57 bits per heavy atom. The highest BCUT2D eigenvalue weighted by Crippen LogP contribution is 2.32. The van der Waals surface area contributed by atoms with Crippen LogP contribution in [0.3, 0.4) is 0 Å². The normalized spacial score (nSPS) is 10.9. The molecule has 7 nitrogen and oxygen atoms in total. The van der Waals surface area contributed by atoms with E-state index < -0.39 is 11.9 Å². The lowest BCUT2D eigenvalue weighted by atomic mass is 10.0. The van der Waals surface area contributed by atoms with Crippen LogP contribution in [-0.2, 0) is 9.59 Å². The Morgan fingerprint density at radius 1 is 1.20 bits per heavy atom. The van der Waals surface area contributed by atoms with Crippen LogP contribution < -0.4 is 19.6 Å². The number of hydrogen-bond donors (Lipinski definition) is 1. The van der Waals surface area contributed by atoms with Gasteiger partial charge in [-0.2, -0.15) is 5.10 Å². The van der Waals surface area contributed by atoms with Crippen LogP contribution in [-0.4, -0.2) is 31.8 Å². The second-order valence-electron chi connectivity index (χ2n) is 6.87. The predicted molar refractivity (Wildman–Crippen MR) is 119 cm³/mol. The molecule has 0 aromatic heterocycles. The summed E-state index contributed by atoms with van der Waals surface area (Å²) in [5.41, 5.74) is 4.92. The van der Waals surface area contributed by atoms with Gasteiger partial charge < -0.3 is 14.2 Å². The van der Waals surface area contributed by atoms with E-state index in [2.05, 4.69) is 40.3 Å². The van der Waals surface area contributed by atoms with Crippen molar-refractivity contribution in [3.63, 3.8) is 0 Å². The topological polar surface area (TPSA) is 86.2 Å². The molecule has 0 aliphatic carbocycles. The summed E-state index contributed by atoms with van der Waals surface area (Å²) in [7, 11) is 1.52. The number of ether oxygens (including phenoxy) is 3.